The Morgan fingerprint density at radius 3 is 2.42 bits per heavy atom. The number of anilines is 1. The molecule has 0 bridgehead atoms. The molecule has 0 aliphatic rings. The lowest BCUT2D eigenvalue weighted by molar-refractivity contribution is 0.564. The average Bonchev–Trinajstić information content (AvgIpc) is 2.06. The molecule has 4 heteroatoms. The van der Waals surface area contributed by atoms with Crippen molar-refractivity contribution in [1.82, 2.24) is 0 Å². The molecular weight excluding hydrogens is 174 g/mol. The first kappa shape index (κ1) is 8.96. The molecule has 0 aliphatic carbocycles. The van der Waals surface area contributed by atoms with Gasteiger partial charge in [-0.15, -0.1) is 0 Å². The summed E-state index contributed by atoms with van der Waals surface area (Å²) in [6.45, 7) is 3.49. The van der Waals surface area contributed by atoms with Gasteiger partial charge in [0.25, 0.3) is 0 Å². The largest absolute Gasteiger partial charge is 0.362 e. The van der Waals surface area contributed by atoms with E-state index in [2.05, 4.69) is 11.9 Å². The van der Waals surface area contributed by atoms with Crippen molar-refractivity contribution in [2.24, 2.45) is 0 Å². The minimum absolute atomic E-state index is 0.393. The van der Waals surface area contributed by atoms with Crippen molar-refractivity contribution in [2.45, 2.75) is 4.90 Å². The first-order chi connectivity index (χ1) is 5.74. The first-order valence-electron chi connectivity index (χ1n) is 3.32. The smallest absolute Gasteiger partial charge is 0.186 e. The Morgan fingerprint density at radius 2 is 2.00 bits per heavy atom. The molecule has 1 unspecified atom stereocenters. The van der Waals surface area contributed by atoms with Crippen LogP contribution in [0.2, 0.25) is 0 Å². The lowest BCUT2D eigenvalue weighted by Gasteiger charge is -1.99. The highest BCUT2D eigenvalue weighted by molar-refractivity contribution is 7.79. The van der Waals surface area contributed by atoms with Crippen LogP contribution in [0, 0.1) is 0 Å². The van der Waals surface area contributed by atoms with Gasteiger partial charge in [0, 0.05) is 5.69 Å². The third-order valence-corrected chi connectivity index (χ3v) is 2.00. The van der Waals surface area contributed by atoms with Gasteiger partial charge in [0.2, 0.25) is 0 Å². The molecule has 0 amide bonds. The molecule has 0 spiro atoms. The number of rotatable bonds is 3. The SMILES string of the molecule is C=CNc1ccc(S(=O)O)cc1. The van der Waals surface area contributed by atoms with E-state index < -0.39 is 11.1 Å². The summed E-state index contributed by atoms with van der Waals surface area (Å²) in [6.07, 6.45) is 1.55. The van der Waals surface area contributed by atoms with Gasteiger partial charge >= 0.3 is 0 Å². The van der Waals surface area contributed by atoms with E-state index in [4.69, 9.17) is 4.55 Å². The quantitative estimate of drug-likeness (QED) is 0.703. The maximum Gasteiger partial charge on any atom is 0.186 e. The van der Waals surface area contributed by atoms with Crippen LogP contribution in [0.1, 0.15) is 0 Å². The molecule has 1 aromatic rings. The molecule has 64 valence electrons. The van der Waals surface area contributed by atoms with Crippen LogP contribution in [-0.2, 0) is 11.1 Å². The van der Waals surface area contributed by atoms with Crippen LogP contribution in [-0.4, -0.2) is 8.76 Å². The van der Waals surface area contributed by atoms with Crippen molar-refractivity contribution in [3.8, 4) is 0 Å². The predicted molar refractivity (Wildman–Crippen MR) is 49.3 cm³/mol. The van der Waals surface area contributed by atoms with Gasteiger partial charge in [-0.1, -0.05) is 6.58 Å². The van der Waals surface area contributed by atoms with Crippen LogP contribution in [0.3, 0.4) is 0 Å². The maximum absolute atomic E-state index is 10.5. The van der Waals surface area contributed by atoms with Crippen LogP contribution >= 0.6 is 0 Å². The van der Waals surface area contributed by atoms with Gasteiger partial charge in [0.15, 0.2) is 11.1 Å². The lowest BCUT2D eigenvalue weighted by Crippen LogP contribution is -1.89. The monoisotopic (exact) mass is 183 g/mol. The zero-order valence-electron chi connectivity index (χ0n) is 6.36. The molecule has 0 heterocycles. The number of hydrogen-bond donors (Lipinski definition) is 2. The Labute approximate surface area is 73.4 Å². The van der Waals surface area contributed by atoms with Crippen molar-refractivity contribution in [3.63, 3.8) is 0 Å². The second-order valence-electron chi connectivity index (χ2n) is 2.12. The Morgan fingerprint density at radius 1 is 1.42 bits per heavy atom. The first-order valence-corrected chi connectivity index (χ1v) is 4.43. The van der Waals surface area contributed by atoms with E-state index in [-0.39, 0.29) is 0 Å². The van der Waals surface area contributed by atoms with Crippen molar-refractivity contribution in [1.29, 1.82) is 0 Å². The van der Waals surface area contributed by atoms with Crippen molar-refractivity contribution in [2.75, 3.05) is 5.32 Å². The average molecular weight is 183 g/mol. The minimum atomic E-state index is -1.89. The second kappa shape index (κ2) is 4.04. The highest BCUT2D eigenvalue weighted by atomic mass is 32.2. The number of benzene rings is 1. The molecule has 0 radical (unpaired) electrons. The summed E-state index contributed by atoms with van der Waals surface area (Å²) in [5, 5.41) is 2.86. The molecule has 12 heavy (non-hydrogen) atoms. The van der Waals surface area contributed by atoms with Crippen LogP contribution in [0.25, 0.3) is 0 Å². The van der Waals surface area contributed by atoms with Gasteiger partial charge in [-0.25, -0.2) is 4.21 Å². The number of nitrogens with one attached hydrogen (secondary N) is 1. The highest BCUT2D eigenvalue weighted by Crippen LogP contribution is 2.11. The van der Waals surface area contributed by atoms with Crippen LogP contribution in [0.15, 0.2) is 41.9 Å². The fourth-order valence-corrected chi connectivity index (χ4v) is 1.15. The van der Waals surface area contributed by atoms with Crippen LogP contribution in [0.4, 0.5) is 5.69 Å². The molecule has 0 fully saturated rings. The van der Waals surface area contributed by atoms with E-state index >= 15 is 0 Å². The van der Waals surface area contributed by atoms with Gasteiger partial charge in [-0.2, -0.15) is 0 Å². The molecule has 0 saturated heterocycles. The van der Waals surface area contributed by atoms with Crippen LogP contribution < -0.4 is 5.32 Å². The van der Waals surface area contributed by atoms with E-state index in [0.717, 1.165) is 5.69 Å². The van der Waals surface area contributed by atoms with Crippen LogP contribution in [0.5, 0.6) is 0 Å². The van der Waals surface area contributed by atoms with Crippen molar-refractivity contribution in [3.05, 3.63) is 37.0 Å². The summed E-state index contributed by atoms with van der Waals surface area (Å²) in [5.74, 6) is 0. The topological polar surface area (TPSA) is 49.3 Å². The van der Waals surface area contributed by atoms with Gasteiger partial charge in [0.1, 0.15) is 0 Å². The predicted octanol–water partition coefficient (Wildman–Crippen LogP) is 1.82. The molecular formula is C8H9NO2S. The number of hydrogen-bond acceptors (Lipinski definition) is 2. The van der Waals surface area contributed by atoms with E-state index in [9.17, 15) is 4.21 Å². The standard InChI is InChI=1S/C8H9NO2S/c1-2-9-7-3-5-8(6-4-7)12(10)11/h2-6,9H,1H2,(H,10,11). The van der Waals surface area contributed by atoms with E-state index in [1.54, 1.807) is 30.5 Å². The van der Waals surface area contributed by atoms with E-state index in [1.807, 2.05) is 0 Å². The third-order valence-electron chi connectivity index (χ3n) is 1.32. The van der Waals surface area contributed by atoms with E-state index in [1.165, 1.54) is 0 Å². The summed E-state index contributed by atoms with van der Waals surface area (Å²) in [4.78, 5) is 0.393. The molecule has 0 aromatic heterocycles. The summed E-state index contributed by atoms with van der Waals surface area (Å²) >= 11 is -1.89. The van der Waals surface area contributed by atoms with E-state index in [0.29, 0.717) is 4.90 Å². The summed E-state index contributed by atoms with van der Waals surface area (Å²) in [5.41, 5.74) is 0.846. The molecule has 1 aromatic carbocycles. The highest BCUT2D eigenvalue weighted by Gasteiger charge is 1.97. The minimum Gasteiger partial charge on any atom is -0.362 e. The zero-order chi connectivity index (χ0) is 8.97. The zero-order valence-corrected chi connectivity index (χ0v) is 7.17. The van der Waals surface area contributed by atoms with Crippen molar-refractivity contribution >= 4 is 16.8 Å². The Kier molecular flexibility index (Phi) is 3.01. The molecule has 2 N–H and O–H groups in total. The van der Waals surface area contributed by atoms with Gasteiger partial charge in [0.05, 0.1) is 4.90 Å². The molecule has 1 atom stereocenters. The molecule has 1 rings (SSSR count). The Bertz CT molecular complexity index is 294. The third kappa shape index (κ3) is 2.18. The normalized spacial score (nSPS) is 12.1. The van der Waals surface area contributed by atoms with Gasteiger partial charge in [-0.3, -0.25) is 0 Å². The van der Waals surface area contributed by atoms with Crippen molar-refractivity contribution < 1.29 is 8.76 Å². The lowest BCUT2D eigenvalue weighted by atomic mass is 10.3. The molecule has 0 aliphatic heterocycles. The summed E-state index contributed by atoms with van der Waals surface area (Å²) in [7, 11) is 0. The Balaban J connectivity index is 2.85. The van der Waals surface area contributed by atoms with Gasteiger partial charge < -0.3 is 9.87 Å². The molecule has 0 saturated carbocycles. The Hall–Kier alpha value is -1.13. The molecule has 3 nitrogen and oxygen atoms in total. The fourth-order valence-electron chi connectivity index (χ4n) is 0.785. The summed E-state index contributed by atoms with van der Waals surface area (Å²) < 4.78 is 19.2. The second-order valence-corrected chi connectivity index (χ2v) is 3.09. The maximum atomic E-state index is 10.5. The van der Waals surface area contributed by atoms with Gasteiger partial charge in [-0.05, 0) is 30.5 Å². The summed E-state index contributed by atoms with van der Waals surface area (Å²) in [6, 6.07) is 6.60. The fraction of sp³-hybridized carbons (Fsp3) is 0.